The maximum atomic E-state index is 12.3. The van der Waals surface area contributed by atoms with E-state index in [2.05, 4.69) is 5.32 Å². The second-order valence-corrected chi connectivity index (χ2v) is 10.8. The van der Waals surface area contributed by atoms with Crippen LogP contribution in [0.3, 0.4) is 0 Å². The van der Waals surface area contributed by atoms with E-state index in [4.69, 9.17) is 32.8 Å². The average molecular weight is 691 g/mol. The Labute approximate surface area is 326 Å². The summed E-state index contributed by atoms with van der Waals surface area (Å²) in [5.74, 6) is -1.74. The molecule has 48 heavy (non-hydrogen) atoms. The molecule has 2 aromatic carbocycles. The summed E-state index contributed by atoms with van der Waals surface area (Å²) in [6.07, 6.45) is 8.25. The third kappa shape index (κ3) is 12.4. The van der Waals surface area contributed by atoms with Gasteiger partial charge in [0.1, 0.15) is 23.0 Å². The number of phenolic OH excluding ortho intramolecular Hbond substituents is 1. The van der Waals surface area contributed by atoms with Crippen molar-refractivity contribution in [2.24, 2.45) is 0 Å². The molecule has 0 fully saturated rings. The van der Waals surface area contributed by atoms with Crippen LogP contribution in [0.2, 0.25) is 0 Å². The molecule has 1 aliphatic heterocycles. The first-order valence-electron chi connectivity index (χ1n) is 14.5. The number of aromatic hydroxyl groups is 1. The molecule has 0 unspecified atom stereocenters. The number of thiocarbonyl (C=S) groups is 1. The number of unbranched alkanes of at least 4 members (excludes halogenated alkanes) is 6. The molecule has 11 nitrogen and oxygen atoms in total. The van der Waals surface area contributed by atoms with E-state index >= 15 is 0 Å². The van der Waals surface area contributed by atoms with Crippen LogP contribution in [0.15, 0.2) is 69.9 Å². The summed E-state index contributed by atoms with van der Waals surface area (Å²) in [7, 11) is 0. The summed E-state index contributed by atoms with van der Waals surface area (Å²) in [6.45, 7) is 5.35. The number of anilines is 1. The summed E-state index contributed by atoms with van der Waals surface area (Å²) in [6, 6.07) is 13.7. The number of carboxylic acid groups (broad SMARTS) is 1. The number of carbonyl (C=O) groups is 2. The minimum Gasteiger partial charge on any atom is -0.545 e. The molecule has 240 valence electrons. The van der Waals surface area contributed by atoms with E-state index in [9.17, 15) is 29.8 Å². The minimum atomic E-state index is -1.37. The van der Waals surface area contributed by atoms with E-state index in [0.29, 0.717) is 56.2 Å². The SMILES string of the molecule is O=C=O.[CH-]=CC(=O)N(O)CCCCCCCCCC(=S)Nc1ccc(-c2c3ccc(=O)cc-3oc3cc(O)ccc23)c(C(=O)[O-])c1.[Na+].[Na+]. The fourth-order valence-corrected chi connectivity index (χ4v) is 5.27. The maximum Gasteiger partial charge on any atom is 1.00 e. The molecular weight excluding hydrogens is 658 g/mol. The Morgan fingerprint density at radius 2 is 1.56 bits per heavy atom. The van der Waals surface area contributed by atoms with Gasteiger partial charge in [-0.2, -0.15) is 15.7 Å². The number of benzene rings is 3. The van der Waals surface area contributed by atoms with Gasteiger partial charge in [0, 0.05) is 46.4 Å². The number of nitrogens with one attached hydrogen (secondary N) is 1. The molecule has 0 saturated carbocycles. The van der Waals surface area contributed by atoms with Gasteiger partial charge in [-0.15, -0.1) is 0 Å². The van der Waals surface area contributed by atoms with E-state index in [-0.39, 0.29) is 94.3 Å². The van der Waals surface area contributed by atoms with Crippen molar-refractivity contribution in [3.05, 3.63) is 83.0 Å². The summed E-state index contributed by atoms with van der Waals surface area (Å²) in [5.41, 5.74) is 1.97. The quantitative estimate of drug-likeness (QED) is 0.0219. The normalized spacial score (nSPS) is 10.0. The van der Waals surface area contributed by atoms with E-state index in [1.54, 1.807) is 24.3 Å². The molecular formula is C34H32N2Na2O9S. The van der Waals surface area contributed by atoms with Crippen molar-refractivity contribution in [3.8, 4) is 28.2 Å². The Balaban J connectivity index is 0.00000222. The zero-order valence-corrected chi connectivity index (χ0v) is 31.6. The molecule has 0 aromatic heterocycles. The first kappa shape index (κ1) is 42.9. The fourth-order valence-electron chi connectivity index (χ4n) is 5.01. The zero-order valence-electron chi connectivity index (χ0n) is 26.8. The third-order valence-electron chi connectivity index (χ3n) is 7.14. The number of hydroxylamine groups is 2. The molecule has 0 bridgehead atoms. The van der Waals surface area contributed by atoms with Gasteiger partial charge < -0.3 is 34.7 Å². The summed E-state index contributed by atoms with van der Waals surface area (Å²) in [5, 5.41) is 36.1. The van der Waals surface area contributed by atoms with E-state index in [1.165, 1.54) is 30.3 Å². The number of hydrogen-bond acceptors (Lipinski definition) is 10. The van der Waals surface area contributed by atoms with Crippen molar-refractivity contribution in [1.29, 1.82) is 0 Å². The van der Waals surface area contributed by atoms with Gasteiger partial charge in [0.15, 0.2) is 5.43 Å². The second kappa shape index (κ2) is 21.7. The van der Waals surface area contributed by atoms with Crippen LogP contribution in [0.25, 0.3) is 33.4 Å². The van der Waals surface area contributed by atoms with Gasteiger partial charge in [-0.3, -0.25) is 16.4 Å². The molecule has 14 heteroatoms. The Morgan fingerprint density at radius 1 is 0.938 bits per heavy atom. The molecule has 2 aromatic rings. The Bertz CT molecular complexity index is 1790. The van der Waals surface area contributed by atoms with Gasteiger partial charge in [0.2, 0.25) is 0 Å². The molecule has 0 saturated heterocycles. The smallest absolute Gasteiger partial charge is 0.545 e. The molecule has 1 amide bonds. The summed E-state index contributed by atoms with van der Waals surface area (Å²) in [4.78, 5) is 52.3. The number of amides is 1. The second-order valence-electron chi connectivity index (χ2n) is 10.3. The number of aromatic carboxylic acids is 1. The van der Waals surface area contributed by atoms with Gasteiger partial charge in [0.25, 0.3) is 0 Å². The molecule has 1 aliphatic carbocycles. The third-order valence-corrected chi connectivity index (χ3v) is 7.45. The Kier molecular flexibility index (Phi) is 19.4. The van der Waals surface area contributed by atoms with Crippen molar-refractivity contribution >= 4 is 51.9 Å². The average Bonchev–Trinajstić information content (AvgIpc) is 3.02. The number of phenols is 1. The van der Waals surface area contributed by atoms with Crippen LogP contribution in [0.4, 0.5) is 5.69 Å². The summed E-state index contributed by atoms with van der Waals surface area (Å²) >= 11 is 5.51. The molecule has 1 heterocycles. The van der Waals surface area contributed by atoms with E-state index < -0.39 is 11.9 Å². The van der Waals surface area contributed by atoms with Crippen LogP contribution >= 0.6 is 12.2 Å². The number of hydrogen-bond donors (Lipinski definition) is 3. The number of nitrogens with zero attached hydrogens (tertiary/aromatic N) is 1. The van der Waals surface area contributed by atoms with Gasteiger partial charge in [-0.05, 0) is 61.2 Å². The van der Waals surface area contributed by atoms with Crippen LogP contribution in [0.5, 0.6) is 5.75 Å². The summed E-state index contributed by atoms with van der Waals surface area (Å²) < 4.78 is 5.87. The first-order chi connectivity index (χ1) is 22.1. The van der Waals surface area contributed by atoms with Crippen molar-refractivity contribution in [2.45, 2.75) is 51.4 Å². The van der Waals surface area contributed by atoms with Gasteiger partial charge >= 0.3 is 65.3 Å². The molecule has 2 aliphatic rings. The maximum absolute atomic E-state index is 12.3. The predicted molar refractivity (Wildman–Crippen MR) is 171 cm³/mol. The number of carboxylic acids is 1. The minimum absolute atomic E-state index is 0. The van der Waals surface area contributed by atoms with Crippen molar-refractivity contribution in [1.82, 2.24) is 5.06 Å². The molecule has 3 N–H and O–H groups in total. The van der Waals surface area contributed by atoms with Gasteiger partial charge in [-0.1, -0.05) is 50.4 Å². The fraction of sp³-hybridized carbons (Fsp3) is 0.265. The van der Waals surface area contributed by atoms with Crippen LogP contribution < -0.4 is 75.0 Å². The predicted octanol–water partition coefficient (Wildman–Crippen LogP) is -0.875. The standard InChI is InChI=1S/C33H33N2O7S.CO2.2Na/c1-2-31(38)35(41)17-9-7-5-3-4-6-8-10-30(43)34-21-11-14-24(27(18-21)33(39)40)32-25-15-12-22(36)19-28(25)42-29-20-23(37)13-16-26(29)32;2-1-3;;/h1-2,11-16,18-20,36,41H,3-10,17H2,(H,34,43)(H,39,40);;;/q-1;;2*+1/p-1. The number of carbonyl (C=O) groups excluding carboxylic acids is 4. The molecule has 4 rings (SSSR count). The van der Waals surface area contributed by atoms with Gasteiger partial charge in [0.05, 0.1) is 11.0 Å². The van der Waals surface area contributed by atoms with Crippen LogP contribution in [0.1, 0.15) is 61.7 Å². The Hall–Kier alpha value is -3.16. The zero-order chi connectivity index (χ0) is 33.6. The number of fused-ring (bicyclic) bond motifs is 2. The molecule has 0 atom stereocenters. The van der Waals surface area contributed by atoms with Crippen molar-refractivity contribution < 1.29 is 98.1 Å². The monoisotopic (exact) mass is 690 g/mol. The largest absolute Gasteiger partial charge is 1.00 e. The molecule has 0 spiro atoms. The topological polar surface area (TPSA) is 177 Å². The van der Waals surface area contributed by atoms with E-state index in [1.807, 2.05) is 0 Å². The van der Waals surface area contributed by atoms with Crippen LogP contribution in [-0.4, -0.2) is 44.9 Å². The molecule has 0 radical (unpaired) electrons. The van der Waals surface area contributed by atoms with E-state index in [0.717, 1.165) is 44.6 Å². The van der Waals surface area contributed by atoms with Crippen LogP contribution in [-0.2, 0) is 14.4 Å². The number of rotatable bonds is 14. The van der Waals surface area contributed by atoms with Crippen molar-refractivity contribution in [3.63, 3.8) is 0 Å². The van der Waals surface area contributed by atoms with Crippen LogP contribution in [0, 0.1) is 6.58 Å². The van der Waals surface area contributed by atoms with Crippen molar-refractivity contribution in [2.75, 3.05) is 11.9 Å². The Morgan fingerprint density at radius 3 is 2.21 bits per heavy atom. The first-order valence-corrected chi connectivity index (χ1v) is 14.9. The van der Waals surface area contributed by atoms with Gasteiger partial charge in [-0.25, -0.2) is 0 Å².